The van der Waals surface area contributed by atoms with Crippen molar-refractivity contribution in [2.75, 3.05) is 0 Å². The minimum absolute atomic E-state index is 0.00677. The van der Waals surface area contributed by atoms with E-state index in [1.165, 1.54) is 12.1 Å². The number of hydrogen-bond donors (Lipinski definition) is 1. The van der Waals surface area contributed by atoms with Gasteiger partial charge in [-0.1, -0.05) is 12.1 Å². The normalized spacial score (nSPS) is 10.1. The standard InChI is InChI=1S/C14H10FNO5/c15-10-6-11(16(19)20)8-13(7-10)21-12-3-1-9(2-4-12)5-14(17)18/h1-4,6-8H,5H2,(H,17,18). The van der Waals surface area contributed by atoms with Crippen LogP contribution in [0.3, 0.4) is 0 Å². The van der Waals surface area contributed by atoms with E-state index in [4.69, 9.17) is 9.84 Å². The van der Waals surface area contributed by atoms with E-state index in [-0.39, 0.29) is 12.2 Å². The lowest BCUT2D eigenvalue weighted by Crippen LogP contribution is -1.99. The molecule has 7 heteroatoms. The lowest BCUT2D eigenvalue weighted by atomic mass is 10.1. The molecule has 0 bridgehead atoms. The summed E-state index contributed by atoms with van der Waals surface area (Å²) in [5.41, 5.74) is 0.174. The number of carbonyl (C=O) groups is 1. The summed E-state index contributed by atoms with van der Waals surface area (Å²) in [6.07, 6.45) is -0.119. The summed E-state index contributed by atoms with van der Waals surface area (Å²) in [5.74, 6) is -1.41. The Morgan fingerprint density at radius 1 is 1.19 bits per heavy atom. The molecule has 0 aliphatic heterocycles. The van der Waals surface area contributed by atoms with Gasteiger partial charge in [-0.15, -0.1) is 0 Å². The molecule has 2 aromatic carbocycles. The fourth-order valence-corrected chi connectivity index (χ4v) is 1.70. The van der Waals surface area contributed by atoms with E-state index in [0.29, 0.717) is 11.3 Å². The molecule has 21 heavy (non-hydrogen) atoms. The van der Waals surface area contributed by atoms with Crippen LogP contribution in [0.25, 0.3) is 0 Å². The number of benzene rings is 2. The molecule has 0 saturated carbocycles. The van der Waals surface area contributed by atoms with E-state index in [9.17, 15) is 19.3 Å². The number of hydrogen-bond acceptors (Lipinski definition) is 4. The molecule has 0 amide bonds. The second-order valence-electron chi connectivity index (χ2n) is 4.22. The minimum Gasteiger partial charge on any atom is -0.481 e. The zero-order valence-corrected chi connectivity index (χ0v) is 10.7. The van der Waals surface area contributed by atoms with Crippen LogP contribution in [-0.2, 0) is 11.2 Å². The van der Waals surface area contributed by atoms with Crippen molar-refractivity contribution < 1.29 is 24.0 Å². The molecule has 6 nitrogen and oxygen atoms in total. The van der Waals surface area contributed by atoms with Gasteiger partial charge in [0.1, 0.15) is 17.3 Å². The first-order valence-electron chi connectivity index (χ1n) is 5.87. The number of nitro benzene ring substituents is 1. The molecule has 0 fully saturated rings. The first-order chi connectivity index (χ1) is 9.94. The molecule has 0 atom stereocenters. The Bertz CT molecular complexity index is 684. The highest BCUT2D eigenvalue weighted by atomic mass is 19.1. The van der Waals surface area contributed by atoms with Gasteiger partial charge < -0.3 is 9.84 Å². The van der Waals surface area contributed by atoms with Gasteiger partial charge in [0.25, 0.3) is 5.69 Å². The van der Waals surface area contributed by atoms with Gasteiger partial charge in [0.2, 0.25) is 0 Å². The Morgan fingerprint density at radius 2 is 1.86 bits per heavy atom. The highest BCUT2D eigenvalue weighted by molar-refractivity contribution is 5.70. The SMILES string of the molecule is O=C(O)Cc1ccc(Oc2cc(F)cc([N+](=O)[O-])c2)cc1. The number of carboxylic acids is 1. The Morgan fingerprint density at radius 3 is 2.43 bits per heavy atom. The second-order valence-corrected chi connectivity index (χ2v) is 4.22. The summed E-state index contributed by atoms with van der Waals surface area (Å²) in [4.78, 5) is 20.5. The van der Waals surface area contributed by atoms with Crippen molar-refractivity contribution in [3.8, 4) is 11.5 Å². The first kappa shape index (κ1) is 14.4. The number of rotatable bonds is 5. The molecule has 0 aliphatic carbocycles. The van der Waals surface area contributed by atoms with Crippen LogP contribution >= 0.6 is 0 Å². The molecule has 0 aliphatic rings. The van der Waals surface area contributed by atoms with E-state index < -0.39 is 22.4 Å². The molecule has 0 saturated heterocycles. The number of nitrogens with zero attached hydrogens (tertiary/aromatic N) is 1. The Balaban J connectivity index is 2.18. The van der Waals surface area contributed by atoms with Crippen LogP contribution in [0.2, 0.25) is 0 Å². The largest absolute Gasteiger partial charge is 0.481 e. The smallest absolute Gasteiger partial charge is 0.307 e. The van der Waals surface area contributed by atoms with Gasteiger partial charge in [-0.2, -0.15) is 0 Å². The van der Waals surface area contributed by atoms with Crippen LogP contribution in [0.4, 0.5) is 10.1 Å². The van der Waals surface area contributed by atoms with Crippen LogP contribution < -0.4 is 4.74 Å². The number of ether oxygens (including phenoxy) is 1. The molecule has 1 N–H and O–H groups in total. The molecule has 0 spiro atoms. The van der Waals surface area contributed by atoms with E-state index in [2.05, 4.69) is 0 Å². The van der Waals surface area contributed by atoms with Crippen LogP contribution in [0.15, 0.2) is 42.5 Å². The average molecular weight is 291 g/mol. The number of halogens is 1. The van der Waals surface area contributed by atoms with Crippen LogP contribution in [-0.4, -0.2) is 16.0 Å². The van der Waals surface area contributed by atoms with Crippen molar-refractivity contribution in [3.05, 3.63) is 64.0 Å². The second kappa shape index (κ2) is 6.00. The third-order valence-electron chi connectivity index (χ3n) is 2.58. The van der Waals surface area contributed by atoms with E-state index in [0.717, 1.165) is 18.2 Å². The lowest BCUT2D eigenvalue weighted by molar-refractivity contribution is -0.385. The van der Waals surface area contributed by atoms with Crippen LogP contribution in [0.5, 0.6) is 11.5 Å². The van der Waals surface area contributed by atoms with Crippen molar-refractivity contribution in [1.29, 1.82) is 0 Å². The number of carboxylic acid groups (broad SMARTS) is 1. The Hall–Kier alpha value is -2.96. The maximum atomic E-state index is 13.2. The van der Waals surface area contributed by atoms with Gasteiger partial charge in [0, 0.05) is 6.07 Å². The highest BCUT2D eigenvalue weighted by Crippen LogP contribution is 2.27. The minimum atomic E-state index is -0.954. The fraction of sp³-hybridized carbons (Fsp3) is 0.0714. The van der Waals surface area contributed by atoms with Crippen molar-refractivity contribution >= 4 is 11.7 Å². The molecular weight excluding hydrogens is 281 g/mol. The predicted molar refractivity (Wildman–Crippen MR) is 70.9 cm³/mol. The molecule has 0 heterocycles. The molecule has 2 rings (SSSR count). The maximum absolute atomic E-state index is 13.2. The van der Waals surface area contributed by atoms with Gasteiger partial charge in [-0.05, 0) is 17.7 Å². The quantitative estimate of drug-likeness (QED) is 0.675. The fourth-order valence-electron chi connectivity index (χ4n) is 1.70. The molecular formula is C14H10FNO5. The van der Waals surface area contributed by atoms with Gasteiger partial charge in [-0.3, -0.25) is 14.9 Å². The van der Waals surface area contributed by atoms with E-state index >= 15 is 0 Å². The van der Waals surface area contributed by atoms with Gasteiger partial charge >= 0.3 is 5.97 Å². The lowest BCUT2D eigenvalue weighted by Gasteiger charge is -2.06. The molecule has 0 unspecified atom stereocenters. The first-order valence-corrected chi connectivity index (χ1v) is 5.87. The monoisotopic (exact) mass is 291 g/mol. The zero-order chi connectivity index (χ0) is 15.4. The van der Waals surface area contributed by atoms with Crippen molar-refractivity contribution in [2.24, 2.45) is 0 Å². The van der Waals surface area contributed by atoms with Crippen LogP contribution in [0, 0.1) is 15.9 Å². The number of aliphatic carboxylic acids is 1. The summed E-state index contributed by atoms with van der Waals surface area (Å²) < 4.78 is 18.6. The average Bonchev–Trinajstić information content (AvgIpc) is 2.39. The molecule has 0 aromatic heterocycles. The predicted octanol–water partition coefficient (Wildman–Crippen LogP) is 3.15. The molecule has 108 valence electrons. The molecule has 2 aromatic rings. The topological polar surface area (TPSA) is 89.7 Å². The van der Waals surface area contributed by atoms with Crippen LogP contribution in [0.1, 0.15) is 5.56 Å². The van der Waals surface area contributed by atoms with Gasteiger partial charge in [-0.25, -0.2) is 4.39 Å². The van der Waals surface area contributed by atoms with Gasteiger partial charge in [0.05, 0.1) is 23.5 Å². The van der Waals surface area contributed by atoms with Gasteiger partial charge in [0.15, 0.2) is 0 Å². The summed E-state index contributed by atoms with van der Waals surface area (Å²) >= 11 is 0. The summed E-state index contributed by atoms with van der Waals surface area (Å²) in [6.45, 7) is 0. The Kier molecular flexibility index (Phi) is 4.13. The third kappa shape index (κ3) is 4.00. The Labute approximate surface area is 118 Å². The summed E-state index contributed by atoms with van der Waals surface area (Å²) in [5, 5.41) is 19.3. The van der Waals surface area contributed by atoms with Crippen molar-refractivity contribution in [1.82, 2.24) is 0 Å². The molecule has 0 radical (unpaired) electrons. The van der Waals surface area contributed by atoms with E-state index in [1.54, 1.807) is 12.1 Å². The van der Waals surface area contributed by atoms with E-state index in [1.807, 2.05) is 0 Å². The third-order valence-corrected chi connectivity index (χ3v) is 2.58. The maximum Gasteiger partial charge on any atom is 0.307 e. The number of non-ortho nitro benzene ring substituents is 1. The van der Waals surface area contributed by atoms with Crippen molar-refractivity contribution in [3.63, 3.8) is 0 Å². The highest BCUT2D eigenvalue weighted by Gasteiger charge is 2.11. The summed E-state index contributed by atoms with van der Waals surface area (Å²) in [7, 11) is 0. The number of nitro groups is 1. The zero-order valence-electron chi connectivity index (χ0n) is 10.7. The summed E-state index contributed by atoms with van der Waals surface area (Å²) in [6, 6.07) is 9.05. The van der Waals surface area contributed by atoms with Crippen molar-refractivity contribution in [2.45, 2.75) is 6.42 Å².